The largest absolute Gasteiger partial charge is 0.480 e. The van der Waals surface area contributed by atoms with Gasteiger partial charge in [0.1, 0.15) is 11.8 Å². The van der Waals surface area contributed by atoms with E-state index < -0.39 is 6.10 Å². The molecule has 2 unspecified atom stereocenters. The summed E-state index contributed by atoms with van der Waals surface area (Å²) in [5.74, 6) is 0.311. The molecule has 1 heterocycles. The molecule has 1 aromatic rings. The van der Waals surface area contributed by atoms with Crippen LogP contribution >= 0.6 is 0 Å². The maximum atomic E-state index is 12.2. The lowest BCUT2D eigenvalue weighted by molar-refractivity contribution is -0.127. The van der Waals surface area contributed by atoms with E-state index in [1.165, 1.54) is 0 Å². The summed E-state index contributed by atoms with van der Waals surface area (Å²) in [5, 5.41) is 12.1. The first-order chi connectivity index (χ1) is 10.5. The molecule has 1 N–H and O–H groups in total. The summed E-state index contributed by atoms with van der Waals surface area (Å²) < 4.78 is 5.63. The Bertz CT molecular complexity index is 565. The van der Waals surface area contributed by atoms with E-state index in [0.717, 1.165) is 19.5 Å². The van der Waals surface area contributed by atoms with Crippen LogP contribution in [0.1, 0.15) is 32.8 Å². The highest BCUT2D eigenvalue weighted by atomic mass is 16.5. The molecule has 0 spiro atoms. The van der Waals surface area contributed by atoms with Crippen LogP contribution in [0.15, 0.2) is 24.3 Å². The number of para-hydroxylation sites is 1. The molecular formula is C17H23N3O2. The van der Waals surface area contributed by atoms with Gasteiger partial charge >= 0.3 is 0 Å². The highest BCUT2D eigenvalue weighted by Crippen LogP contribution is 2.18. The molecular weight excluding hydrogens is 278 g/mol. The molecule has 1 aliphatic heterocycles. The van der Waals surface area contributed by atoms with E-state index in [0.29, 0.717) is 17.4 Å². The number of nitrogens with one attached hydrogen (secondary N) is 1. The van der Waals surface area contributed by atoms with E-state index in [1.807, 2.05) is 0 Å². The zero-order chi connectivity index (χ0) is 16.1. The van der Waals surface area contributed by atoms with Crippen LogP contribution < -0.4 is 10.1 Å². The Labute approximate surface area is 131 Å². The Morgan fingerprint density at radius 2 is 2.14 bits per heavy atom. The van der Waals surface area contributed by atoms with Crippen LogP contribution in [0, 0.1) is 11.3 Å². The predicted octanol–water partition coefficient (Wildman–Crippen LogP) is 1.92. The van der Waals surface area contributed by atoms with E-state index in [9.17, 15) is 4.79 Å². The van der Waals surface area contributed by atoms with Crippen LogP contribution in [0.25, 0.3) is 0 Å². The number of hydrogen-bond acceptors (Lipinski definition) is 4. The third-order valence-corrected chi connectivity index (χ3v) is 3.98. The van der Waals surface area contributed by atoms with Gasteiger partial charge in [-0.15, -0.1) is 0 Å². The molecule has 2 rings (SSSR count). The number of nitrogens with zero attached hydrogens (tertiary/aromatic N) is 2. The maximum absolute atomic E-state index is 12.2. The number of carbonyl (C=O) groups excluding carboxylic acids is 1. The monoisotopic (exact) mass is 301 g/mol. The van der Waals surface area contributed by atoms with Gasteiger partial charge in [0, 0.05) is 25.2 Å². The van der Waals surface area contributed by atoms with Crippen LogP contribution in [-0.4, -0.2) is 42.1 Å². The second-order valence-corrected chi connectivity index (χ2v) is 5.95. The number of carbonyl (C=O) groups is 1. The van der Waals surface area contributed by atoms with E-state index in [2.05, 4.69) is 30.1 Å². The number of hydrogen-bond donors (Lipinski definition) is 1. The number of benzene rings is 1. The Hall–Kier alpha value is -2.06. The van der Waals surface area contributed by atoms with E-state index in [1.54, 1.807) is 31.2 Å². The summed E-state index contributed by atoms with van der Waals surface area (Å²) in [4.78, 5) is 14.6. The van der Waals surface area contributed by atoms with Crippen LogP contribution in [0.3, 0.4) is 0 Å². The van der Waals surface area contributed by atoms with E-state index in [-0.39, 0.29) is 11.9 Å². The number of rotatable bonds is 5. The summed E-state index contributed by atoms with van der Waals surface area (Å²) >= 11 is 0. The van der Waals surface area contributed by atoms with Crippen molar-refractivity contribution in [1.82, 2.24) is 10.2 Å². The number of nitriles is 1. The van der Waals surface area contributed by atoms with Crippen molar-refractivity contribution in [1.29, 1.82) is 5.26 Å². The molecule has 0 aliphatic carbocycles. The standard InChI is InChI=1S/C17H23N3O2/c1-12(2)20-9-8-15(11-20)19-17(21)13(3)22-16-7-5-4-6-14(16)10-18/h4-7,12-13,15H,8-9,11H2,1-3H3,(H,19,21). The number of amides is 1. The first-order valence-corrected chi connectivity index (χ1v) is 7.71. The van der Waals surface area contributed by atoms with Gasteiger partial charge < -0.3 is 10.1 Å². The molecule has 0 bridgehead atoms. The van der Waals surface area contributed by atoms with Gasteiger partial charge in [0.15, 0.2) is 6.10 Å². The Morgan fingerprint density at radius 3 is 2.77 bits per heavy atom. The topological polar surface area (TPSA) is 65.4 Å². The molecule has 0 radical (unpaired) electrons. The van der Waals surface area contributed by atoms with Gasteiger partial charge in [-0.1, -0.05) is 12.1 Å². The lowest BCUT2D eigenvalue weighted by Crippen LogP contribution is -2.44. The minimum Gasteiger partial charge on any atom is -0.480 e. The lowest BCUT2D eigenvalue weighted by atomic mass is 10.2. The van der Waals surface area contributed by atoms with Crippen molar-refractivity contribution < 1.29 is 9.53 Å². The minimum absolute atomic E-state index is 0.136. The molecule has 1 fully saturated rings. The Kier molecular flexibility index (Phi) is 5.40. The van der Waals surface area contributed by atoms with Gasteiger partial charge in [-0.3, -0.25) is 9.69 Å². The summed E-state index contributed by atoms with van der Waals surface area (Å²) in [5.41, 5.74) is 0.439. The van der Waals surface area contributed by atoms with Gasteiger partial charge in [-0.25, -0.2) is 0 Å². The summed E-state index contributed by atoms with van der Waals surface area (Å²) in [6.07, 6.45) is 0.341. The normalized spacial score (nSPS) is 19.7. The molecule has 118 valence electrons. The van der Waals surface area contributed by atoms with Crippen molar-refractivity contribution in [3.63, 3.8) is 0 Å². The van der Waals surface area contributed by atoms with Crippen molar-refractivity contribution in [2.45, 2.75) is 45.4 Å². The number of likely N-dealkylation sites (tertiary alicyclic amines) is 1. The van der Waals surface area contributed by atoms with Crippen molar-refractivity contribution >= 4 is 5.91 Å². The SMILES string of the molecule is CC(Oc1ccccc1C#N)C(=O)NC1CCN(C(C)C)C1. The molecule has 5 heteroatoms. The molecule has 1 aliphatic rings. The highest BCUT2D eigenvalue weighted by molar-refractivity contribution is 5.81. The zero-order valence-corrected chi connectivity index (χ0v) is 13.4. The van der Waals surface area contributed by atoms with E-state index in [4.69, 9.17) is 10.00 Å². The van der Waals surface area contributed by atoms with Crippen molar-refractivity contribution in [2.75, 3.05) is 13.1 Å². The fraction of sp³-hybridized carbons (Fsp3) is 0.529. The Morgan fingerprint density at radius 1 is 1.41 bits per heavy atom. The second-order valence-electron chi connectivity index (χ2n) is 5.95. The average molecular weight is 301 g/mol. The van der Waals surface area contributed by atoms with Crippen molar-refractivity contribution in [3.8, 4) is 11.8 Å². The quantitative estimate of drug-likeness (QED) is 0.902. The molecule has 0 saturated carbocycles. The van der Waals surface area contributed by atoms with Crippen LogP contribution in [-0.2, 0) is 4.79 Å². The second kappa shape index (κ2) is 7.28. The minimum atomic E-state index is -0.623. The van der Waals surface area contributed by atoms with Crippen molar-refractivity contribution in [2.24, 2.45) is 0 Å². The average Bonchev–Trinajstić information content (AvgIpc) is 2.96. The predicted molar refractivity (Wildman–Crippen MR) is 84.5 cm³/mol. The zero-order valence-electron chi connectivity index (χ0n) is 13.4. The Balaban J connectivity index is 1.89. The molecule has 1 saturated heterocycles. The summed E-state index contributed by atoms with van der Waals surface area (Å²) in [7, 11) is 0. The maximum Gasteiger partial charge on any atom is 0.261 e. The molecule has 1 amide bonds. The molecule has 2 atom stereocenters. The van der Waals surface area contributed by atoms with Gasteiger partial charge in [-0.05, 0) is 39.3 Å². The fourth-order valence-electron chi connectivity index (χ4n) is 2.60. The first kappa shape index (κ1) is 16.3. The van der Waals surface area contributed by atoms with Gasteiger partial charge in [-0.2, -0.15) is 5.26 Å². The van der Waals surface area contributed by atoms with Crippen LogP contribution in [0.4, 0.5) is 0 Å². The molecule has 0 aromatic heterocycles. The fourth-order valence-corrected chi connectivity index (χ4v) is 2.60. The third-order valence-electron chi connectivity index (χ3n) is 3.98. The summed E-state index contributed by atoms with van der Waals surface area (Å²) in [6.45, 7) is 7.92. The van der Waals surface area contributed by atoms with Crippen LogP contribution in [0.2, 0.25) is 0 Å². The lowest BCUT2D eigenvalue weighted by Gasteiger charge is -2.21. The van der Waals surface area contributed by atoms with Crippen LogP contribution in [0.5, 0.6) is 5.75 Å². The molecule has 1 aromatic carbocycles. The van der Waals surface area contributed by atoms with Gasteiger partial charge in [0.2, 0.25) is 0 Å². The highest BCUT2D eigenvalue weighted by Gasteiger charge is 2.27. The smallest absolute Gasteiger partial charge is 0.261 e. The van der Waals surface area contributed by atoms with Gasteiger partial charge in [0.25, 0.3) is 5.91 Å². The third kappa shape index (κ3) is 3.99. The first-order valence-electron chi connectivity index (χ1n) is 7.71. The summed E-state index contributed by atoms with van der Waals surface area (Å²) in [6, 6.07) is 9.69. The molecule has 5 nitrogen and oxygen atoms in total. The van der Waals surface area contributed by atoms with Crippen molar-refractivity contribution in [3.05, 3.63) is 29.8 Å². The van der Waals surface area contributed by atoms with E-state index >= 15 is 0 Å². The molecule has 22 heavy (non-hydrogen) atoms. The number of ether oxygens (including phenoxy) is 1. The van der Waals surface area contributed by atoms with Gasteiger partial charge in [0.05, 0.1) is 5.56 Å².